The minimum atomic E-state index is 0.312. The van der Waals surface area contributed by atoms with E-state index < -0.39 is 0 Å². The molecule has 0 bridgehead atoms. The molecule has 0 saturated heterocycles. The van der Waals surface area contributed by atoms with Crippen molar-refractivity contribution in [1.82, 2.24) is 5.43 Å². The van der Waals surface area contributed by atoms with E-state index in [4.69, 9.17) is 10.8 Å². The minimum Gasteiger partial charge on any atom is -0.312 e. The molecule has 0 heterocycles. The van der Waals surface area contributed by atoms with Crippen LogP contribution in [0.15, 0.2) is 4.99 Å². The Hall–Kier alpha value is -0.570. The van der Waals surface area contributed by atoms with Gasteiger partial charge in [-0.2, -0.15) is 0 Å². The molecule has 2 aliphatic rings. The fourth-order valence-corrected chi connectivity index (χ4v) is 3.48. The van der Waals surface area contributed by atoms with Crippen LogP contribution in [0.3, 0.4) is 0 Å². The summed E-state index contributed by atoms with van der Waals surface area (Å²) in [5.41, 5.74) is 3.50. The van der Waals surface area contributed by atoms with Crippen molar-refractivity contribution >= 4 is 5.84 Å². The summed E-state index contributed by atoms with van der Waals surface area (Å²) in [7, 11) is 0. The molecule has 0 atom stereocenters. The number of nitrogens with two attached hydrogens (primary N) is 1. The largest absolute Gasteiger partial charge is 0.312 e. The summed E-state index contributed by atoms with van der Waals surface area (Å²) < 4.78 is 0. The van der Waals surface area contributed by atoms with Crippen LogP contribution in [0.4, 0.5) is 0 Å². The van der Waals surface area contributed by atoms with Gasteiger partial charge in [-0.3, -0.25) is 4.99 Å². The summed E-state index contributed by atoms with van der Waals surface area (Å²) in [6.45, 7) is 9.24. The average molecular weight is 237 g/mol. The summed E-state index contributed by atoms with van der Waals surface area (Å²) in [5.74, 6) is 7.21. The third kappa shape index (κ3) is 2.10. The van der Waals surface area contributed by atoms with Crippen LogP contribution < -0.4 is 11.3 Å². The van der Waals surface area contributed by atoms with Crippen LogP contribution in [-0.2, 0) is 0 Å². The van der Waals surface area contributed by atoms with Gasteiger partial charge < -0.3 is 5.43 Å². The van der Waals surface area contributed by atoms with Gasteiger partial charge in [0.15, 0.2) is 0 Å². The summed E-state index contributed by atoms with van der Waals surface area (Å²) in [6.07, 6.45) is 6.49. The zero-order chi connectivity index (χ0) is 12.7. The number of hydrogen-bond acceptors (Lipinski definition) is 2. The van der Waals surface area contributed by atoms with E-state index in [1.165, 1.54) is 32.1 Å². The molecule has 0 amide bonds. The monoisotopic (exact) mass is 237 g/mol. The maximum Gasteiger partial charge on any atom is 0.115 e. The number of amidine groups is 1. The van der Waals surface area contributed by atoms with Crippen molar-refractivity contribution < 1.29 is 0 Å². The molecule has 3 N–H and O–H groups in total. The Kier molecular flexibility index (Phi) is 3.23. The van der Waals surface area contributed by atoms with Crippen molar-refractivity contribution in [2.45, 2.75) is 65.8 Å². The SMILES string of the molecule is CC1(C)C(C(=NC2CCCCC2)NN)C1(C)C. The molecule has 2 saturated carbocycles. The molecule has 0 unspecified atom stereocenters. The lowest BCUT2D eigenvalue weighted by Crippen LogP contribution is -2.35. The van der Waals surface area contributed by atoms with Crippen LogP contribution in [0.5, 0.6) is 0 Å². The molecule has 0 spiro atoms. The predicted molar refractivity (Wildman–Crippen MR) is 72.7 cm³/mol. The Morgan fingerprint density at radius 2 is 1.59 bits per heavy atom. The van der Waals surface area contributed by atoms with Crippen molar-refractivity contribution in [3.63, 3.8) is 0 Å². The molecule has 0 aromatic rings. The number of aliphatic imine (C=N–C) groups is 1. The second-order valence-corrected chi connectivity index (χ2v) is 6.83. The fraction of sp³-hybridized carbons (Fsp3) is 0.929. The van der Waals surface area contributed by atoms with Crippen LogP contribution in [-0.4, -0.2) is 11.9 Å². The summed E-state index contributed by atoms with van der Waals surface area (Å²) in [4.78, 5) is 4.89. The summed E-state index contributed by atoms with van der Waals surface area (Å²) >= 11 is 0. The van der Waals surface area contributed by atoms with E-state index in [-0.39, 0.29) is 0 Å². The molecule has 3 nitrogen and oxygen atoms in total. The Morgan fingerprint density at radius 3 is 2.00 bits per heavy atom. The smallest absolute Gasteiger partial charge is 0.115 e. The third-order valence-electron chi connectivity index (χ3n) is 5.34. The number of nitrogens with one attached hydrogen (secondary N) is 1. The average Bonchev–Trinajstić information content (AvgIpc) is 2.68. The Bertz CT molecular complexity index is 297. The molecular formula is C14H27N3. The molecule has 17 heavy (non-hydrogen) atoms. The molecule has 2 rings (SSSR count). The van der Waals surface area contributed by atoms with Gasteiger partial charge in [0, 0.05) is 5.92 Å². The first-order valence-electron chi connectivity index (χ1n) is 6.95. The summed E-state index contributed by atoms with van der Waals surface area (Å²) in [5, 5.41) is 0. The van der Waals surface area contributed by atoms with E-state index in [0.29, 0.717) is 22.8 Å². The van der Waals surface area contributed by atoms with Gasteiger partial charge in [-0.05, 0) is 23.7 Å². The van der Waals surface area contributed by atoms with Crippen LogP contribution in [0.1, 0.15) is 59.8 Å². The lowest BCUT2D eigenvalue weighted by molar-refractivity contribution is 0.440. The van der Waals surface area contributed by atoms with Crippen LogP contribution >= 0.6 is 0 Å². The topological polar surface area (TPSA) is 50.4 Å². The van der Waals surface area contributed by atoms with E-state index >= 15 is 0 Å². The van der Waals surface area contributed by atoms with Crippen molar-refractivity contribution in [2.75, 3.05) is 0 Å². The molecule has 98 valence electrons. The number of nitrogens with zero attached hydrogens (tertiary/aromatic N) is 1. The van der Waals surface area contributed by atoms with Crippen molar-refractivity contribution in [3.8, 4) is 0 Å². The number of hydrazine groups is 1. The first-order valence-corrected chi connectivity index (χ1v) is 6.95. The molecule has 0 aliphatic heterocycles. The Morgan fingerprint density at radius 1 is 1.06 bits per heavy atom. The van der Waals surface area contributed by atoms with Crippen LogP contribution in [0.25, 0.3) is 0 Å². The van der Waals surface area contributed by atoms with Gasteiger partial charge in [0.05, 0.1) is 6.04 Å². The minimum absolute atomic E-state index is 0.312. The first-order chi connectivity index (χ1) is 7.91. The maximum atomic E-state index is 5.69. The van der Waals surface area contributed by atoms with Crippen LogP contribution in [0.2, 0.25) is 0 Å². The van der Waals surface area contributed by atoms with Crippen LogP contribution in [0, 0.1) is 16.7 Å². The second-order valence-electron chi connectivity index (χ2n) is 6.83. The molecule has 2 fully saturated rings. The first kappa shape index (κ1) is 12.9. The number of hydrogen-bond donors (Lipinski definition) is 2. The molecular weight excluding hydrogens is 210 g/mol. The lowest BCUT2D eigenvalue weighted by atomic mass is 9.96. The normalized spacial score (nSPS) is 29.1. The van der Waals surface area contributed by atoms with E-state index in [9.17, 15) is 0 Å². The highest BCUT2D eigenvalue weighted by atomic mass is 15.3. The van der Waals surface area contributed by atoms with Gasteiger partial charge >= 0.3 is 0 Å². The molecule has 2 aliphatic carbocycles. The van der Waals surface area contributed by atoms with Gasteiger partial charge in [-0.1, -0.05) is 47.0 Å². The van der Waals surface area contributed by atoms with E-state index in [0.717, 1.165) is 5.84 Å². The quantitative estimate of drug-likeness (QED) is 0.336. The van der Waals surface area contributed by atoms with Gasteiger partial charge in [0.2, 0.25) is 0 Å². The third-order valence-corrected chi connectivity index (χ3v) is 5.34. The fourth-order valence-electron chi connectivity index (χ4n) is 3.48. The second kappa shape index (κ2) is 4.27. The zero-order valence-corrected chi connectivity index (χ0v) is 11.7. The van der Waals surface area contributed by atoms with Crippen molar-refractivity contribution in [3.05, 3.63) is 0 Å². The maximum absolute atomic E-state index is 5.69. The Balaban J connectivity index is 2.09. The van der Waals surface area contributed by atoms with Gasteiger partial charge in [0.1, 0.15) is 5.84 Å². The highest BCUT2D eigenvalue weighted by Crippen LogP contribution is 2.68. The van der Waals surface area contributed by atoms with E-state index in [1.54, 1.807) is 0 Å². The lowest BCUT2D eigenvalue weighted by Gasteiger charge is -2.19. The summed E-state index contributed by atoms with van der Waals surface area (Å²) in [6, 6.07) is 0.502. The van der Waals surface area contributed by atoms with Crippen molar-refractivity contribution in [2.24, 2.45) is 27.6 Å². The Labute approximate surface area is 105 Å². The molecule has 3 heteroatoms. The number of rotatable bonds is 2. The highest BCUT2D eigenvalue weighted by Gasteiger charge is 2.66. The van der Waals surface area contributed by atoms with Gasteiger partial charge in [0.25, 0.3) is 0 Å². The highest BCUT2D eigenvalue weighted by molar-refractivity contribution is 5.89. The standard InChI is InChI=1S/C14H27N3/c1-13(2)11(14(13,3)4)12(17-15)16-10-8-6-5-7-9-10/h10-11H,5-9,15H2,1-4H3,(H,16,17). The predicted octanol–water partition coefficient (Wildman–Crippen LogP) is 2.86. The van der Waals surface area contributed by atoms with Gasteiger partial charge in [-0.15, -0.1) is 0 Å². The van der Waals surface area contributed by atoms with Crippen molar-refractivity contribution in [1.29, 1.82) is 0 Å². The zero-order valence-electron chi connectivity index (χ0n) is 11.7. The molecule has 0 aromatic heterocycles. The van der Waals surface area contributed by atoms with E-state index in [1.807, 2.05) is 0 Å². The molecule has 0 aromatic carbocycles. The van der Waals surface area contributed by atoms with E-state index in [2.05, 4.69) is 33.1 Å². The molecule has 0 radical (unpaired) electrons. The van der Waals surface area contributed by atoms with Gasteiger partial charge in [-0.25, -0.2) is 5.84 Å².